The van der Waals surface area contributed by atoms with Crippen molar-refractivity contribution in [2.75, 3.05) is 10.2 Å². The smallest absolute Gasteiger partial charge is 0.293 e. The second-order valence-electron chi connectivity index (χ2n) is 7.07. The maximum absolute atomic E-state index is 12.7. The molecule has 0 saturated carbocycles. The van der Waals surface area contributed by atoms with Crippen molar-refractivity contribution in [1.29, 1.82) is 0 Å². The summed E-state index contributed by atoms with van der Waals surface area (Å²) < 4.78 is 0. The van der Waals surface area contributed by atoms with Crippen LogP contribution < -0.4 is 10.2 Å². The summed E-state index contributed by atoms with van der Waals surface area (Å²) in [4.78, 5) is 38.7. The highest BCUT2D eigenvalue weighted by molar-refractivity contribution is 8.15. The second kappa shape index (κ2) is 9.13. The van der Waals surface area contributed by atoms with Crippen LogP contribution in [-0.4, -0.2) is 27.4 Å². The van der Waals surface area contributed by atoms with E-state index >= 15 is 0 Å². The van der Waals surface area contributed by atoms with Crippen molar-refractivity contribution >= 4 is 40.2 Å². The van der Waals surface area contributed by atoms with Crippen molar-refractivity contribution in [2.45, 2.75) is 44.8 Å². The van der Waals surface area contributed by atoms with Crippen molar-refractivity contribution in [3.05, 3.63) is 53.6 Å². The largest absolute Gasteiger partial charge is 0.508 e. The van der Waals surface area contributed by atoms with Gasteiger partial charge in [-0.3, -0.25) is 14.4 Å². The number of hydrogen-bond acceptors (Lipinski definition) is 5. The molecule has 2 aromatic rings. The lowest BCUT2D eigenvalue weighted by Crippen LogP contribution is -2.33. The summed E-state index contributed by atoms with van der Waals surface area (Å²) in [5, 5.41) is 11.1. The molecule has 29 heavy (non-hydrogen) atoms. The number of aryl methyl sites for hydroxylation is 2. The van der Waals surface area contributed by atoms with Crippen LogP contribution in [0.3, 0.4) is 0 Å². The highest BCUT2D eigenvalue weighted by atomic mass is 32.2. The van der Waals surface area contributed by atoms with Gasteiger partial charge in [-0.25, -0.2) is 4.90 Å². The first-order valence-corrected chi connectivity index (χ1v) is 10.5. The zero-order chi connectivity index (χ0) is 21.0. The zero-order valence-corrected chi connectivity index (χ0v) is 17.3. The molecule has 1 heterocycles. The lowest BCUT2D eigenvalue weighted by Gasteiger charge is -2.15. The highest BCUT2D eigenvalue weighted by Crippen LogP contribution is 2.34. The fourth-order valence-corrected chi connectivity index (χ4v) is 4.16. The third-order valence-corrected chi connectivity index (χ3v) is 5.83. The van der Waals surface area contributed by atoms with Crippen LogP contribution >= 0.6 is 11.8 Å². The highest BCUT2D eigenvalue weighted by Gasteiger charge is 2.41. The second-order valence-corrected chi connectivity index (χ2v) is 8.22. The Bertz CT molecular complexity index is 927. The van der Waals surface area contributed by atoms with Gasteiger partial charge in [0.05, 0.1) is 5.69 Å². The average Bonchev–Trinajstić information content (AvgIpc) is 2.96. The number of phenolic OH excluding ortho intramolecular Hbond substituents is 1. The van der Waals surface area contributed by atoms with E-state index in [1.807, 2.05) is 12.1 Å². The van der Waals surface area contributed by atoms with Gasteiger partial charge in [-0.1, -0.05) is 25.5 Å². The van der Waals surface area contributed by atoms with Gasteiger partial charge in [0.1, 0.15) is 11.0 Å². The van der Waals surface area contributed by atoms with Crippen molar-refractivity contribution in [3.63, 3.8) is 0 Å². The van der Waals surface area contributed by atoms with Crippen LogP contribution in [0.4, 0.5) is 16.2 Å². The van der Waals surface area contributed by atoms with Gasteiger partial charge >= 0.3 is 0 Å². The van der Waals surface area contributed by atoms with Crippen molar-refractivity contribution in [2.24, 2.45) is 0 Å². The van der Waals surface area contributed by atoms with Crippen LogP contribution in [0.15, 0.2) is 42.5 Å². The van der Waals surface area contributed by atoms with E-state index in [1.54, 1.807) is 31.2 Å². The maximum atomic E-state index is 12.7. The quantitative estimate of drug-likeness (QED) is 0.647. The molecule has 3 rings (SSSR count). The zero-order valence-electron chi connectivity index (χ0n) is 16.5. The van der Waals surface area contributed by atoms with Crippen LogP contribution in [0.25, 0.3) is 0 Å². The predicted octanol–water partition coefficient (Wildman–Crippen LogP) is 4.64. The Kier molecular flexibility index (Phi) is 6.59. The van der Waals surface area contributed by atoms with Gasteiger partial charge in [0, 0.05) is 12.1 Å². The molecule has 1 aliphatic rings. The van der Waals surface area contributed by atoms with Gasteiger partial charge in [-0.2, -0.15) is 0 Å². The van der Waals surface area contributed by atoms with Crippen molar-refractivity contribution in [1.82, 2.24) is 0 Å². The number of amides is 3. The fraction of sp³-hybridized carbons (Fsp3) is 0.318. The molecule has 0 bridgehead atoms. The van der Waals surface area contributed by atoms with Crippen LogP contribution in [0.2, 0.25) is 0 Å². The van der Waals surface area contributed by atoms with E-state index in [1.165, 1.54) is 11.6 Å². The average molecular weight is 413 g/mol. The molecule has 1 unspecified atom stereocenters. The number of nitrogens with one attached hydrogen (secondary N) is 1. The molecule has 0 aromatic heterocycles. The standard InChI is InChI=1S/C22H24N2O4S/c1-3-4-5-15-6-8-16(9-7-15)24-21(27)19(29-22(24)28)13-20(26)23-18-11-10-17(25)12-14(18)2/h6-12,19,25H,3-5,13H2,1-2H3,(H,23,26). The summed E-state index contributed by atoms with van der Waals surface area (Å²) in [6, 6.07) is 12.1. The number of nitrogens with zero attached hydrogens (tertiary/aromatic N) is 1. The molecular formula is C22H24N2O4S. The normalized spacial score (nSPS) is 16.3. The summed E-state index contributed by atoms with van der Waals surface area (Å²) in [6.07, 6.45) is 3.07. The lowest BCUT2D eigenvalue weighted by atomic mass is 10.1. The lowest BCUT2D eigenvalue weighted by molar-refractivity contribution is -0.121. The van der Waals surface area contributed by atoms with E-state index in [-0.39, 0.29) is 29.2 Å². The molecule has 0 aliphatic carbocycles. The summed E-state index contributed by atoms with van der Waals surface area (Å²) in [5.74, 6) is -0.614. The third-order valence-electron chi connectivity index (χ3n) is 4.79. The van der Waals surface area contributed by atoms with E-state index < -0.39 is 5.25 Å². The predicted molar refractivity (Wildman–Crippen MR) is 115 cm³/mol. The summed E-state index contributed by atoms with van der Waals surface area (Å²) in [5.41, 5.74) is 2.98. The van der Waals surface area contributed by atoms with E-state index in [0.29, 0.717) is 16.9 Å². The molecule has 1 aliphatic heterocycles. The van der Waals surface area contributed by atoms with Crippen LogP contribution in [0.1, 0.15) is 37.3 Å². The van der Waals surface area contributed by atoms with E-state index in [2.05, 4.69) is 12.2 Å². The Morgan fingerprint density at radius 3 is 2.55 bits per heavy atom. The first-order chi connectivity index (χ1) is 13.9. The number of aromatic hydroxyl groups is 1. The van der Waals surface area contributed by atoms with E-state index in [9.17, 15) is 19.5 Å². The number of rotatable bonds is 7. The summed E-state index contributed by atoms with van der Waals surface area (Å²) >= 11 is 0.877. The molecule has 2 N–H and O–H groups in total. The fourth-order valence-electron chi connectivity index (χ4n) is 3.17. The topological polar surface area (TPSA) is 86.7 Å². The number of unbranched alkanes of at least 4 members (excludes halogenated alkanes) is 1. The van der Waals surface area contributed by atoms with Crippen molar-refractivity contribution in [3.8, 4) is 5.75 Å². The van der Waals surface area contributed by atoms with Gasteiger partial charge < -0.3 is 10.4 Å². The Morgan fingerprint density at radius 1 is 1.17 bits per heavy atom. The van der Waals surface area contributed by atoms with Gasteiger partial charge in [-0.05, 0) is 73.0 Å². The number of hydrogen-bond donors (Lipinski definition) is 2. The van der Waals surface area contributed by atoms with Gasteiger partial charge in [0.2, 0.25) is 11.8 Å². The molecule has 7 heteroatoms. The number of carbonyl (C=O) groups excluding carboxylic acids is 3. The molecule has 0 radical (unpaired) electrons. The van der Waals surface area contributed by atoms with E-state index in [4.69, 9.17) is 0 Å². The molecule has 6 nitrogen and oxygen atoms in total. The minimum atomic E-state index is -0.750. The van der Waals surface area contributed by atoms with Gasteiger partial charge in [0.25, 0.3) is 5.24 Å². The Morgan fingerprint density at radius 2 is 1.90 bits per heavy atom. The molecule has 2 aromatic carbocycles. The molecule has 3 amide bonds. The number of anilines is 2. The van der Waals surface area contributed by atoms with Gasteiger partial charge in [0.15, 0.2) is 0 Å². The van der Waals surface area contributed by atoms with Crippen molar-refractivity contribution < 1.29 is 19.5 Å². The number of benzene rings is 2. The monoisotopic (exact) mass is 412 g/mol. The van der Waals surface area contributed by atoms with Crippen LogP contribution in [0, 0.1) is 6.92 Å². The molecule has 1 saturated heterocycles. The summed E-state index contributed by atoms with van der Waals surface area (Å²) in [6.45, 7) is 3.90. The number of imide groups is 1. The minimum absolute atomic E-state index is 0.0966. The van der Waals surface area contributed by atoms with Gasteiger partial charge in [-0.15, -0.1) is 0 Å². The SMILES string of the molecule is CCCCc1ccc(N2C(=O)SC(CC(=O)Nc3ccc(O)cc3C)C2=O)cc1. The maximum Gasteiger partial charge on any atom is 0.293 e. The molecular weight excluding hydrogens is 388 g/mol. The first-order valence-electron chi connectivity index (χ1n) is 9.62. The number of carbonyl (C=O) groups is 3. The molecule has 1 atom stereocenters. The molecule has 0 spiro atoms. The number of phenols is 1. The molecule has 152 valence electrons. The summed E-state index contributed by atoms with van der Waals surface area (Å²) in [7, 11) is 0. The number of thioether (sulfide) groups is 1. The molecule has 1 fully saturated rings. The third kappa shape index (κ3) is 4.98. The van der Waals surface area contributed by atoms with Crippen LogP contribution in [0.5, 0.6) is 5.75 Å². The Balaban J connectivity index is 1.64. The first kappa shape index (κ1) is 20.9. The Labute approximate surface area is 174 Å². The minimum Gasteiger partial charge on any atom is -0.508 e. The van der Waals surface area contributed by atoms with E-state index in [0.717, 1.165) is 35.9 Å². The van der Waals surface area contributed by atoms with Crippen LogP contribution in [-0.2, 0) is 16.0 Å². The Hall–Kier alpha value is -2.80.